The molecular weight excluding hydrogens is 415 g/mol. The molecule has 4 N–H and O–H groups in total. The minimum absolute atomic E-state index is 0.0191. The average molecular weight is 449 g/mol. The van der Waals surface area contributed by atoms with Gasteiger partial charge in [0.15, 0.2) is 17.3 Å². The van der Waals surface area contributed by atoms with Crippen molar-refractivity contribution >= 4 is 17.4 Å². The van der Waals surface area contributed by atoms with Gasteiger partial charge in [0.25, 0.3) is 5.91 Å². The third kappa shape index (κ3) is 5.17. The molecule has 4 rings (SSSR count). The third-order valence-electron chi connectivity index (χ3n) is 6.19. The van der Waals surface area contributed by atoms with Crippen LogP contribution in [0.25, 0.3) is 5.65 Å². The number of nitrogens with two attached hydrogens (primary N) is 1. The molecule has 2 aliphatic heterocycles. The van der Waals surface area contributed by atoms with Gasteiger partial charge in [-0.3, -0.25) is 4.79 Å². The zero-order valence-corrected chi connectivity index (χ0v) is 18.9. The van der Waals surface area contributed by atoms with E-state index in [-0.39, 0.29) is 41.2 Å². The second-order valence-corrected chi connectivity index (χ2v) is 9.17. The van der Waals surface area contributed by atoms with Crippen LogP contribution in [0.1, 0.15) is 29.6 Å². The van der Waals surface area contributed by atoms with Crippen molar-refractivity contribution in [3.63, 3.8) is 0 Å². The lowest BCUT2D eigenvalue weighted by molar-refractivity contribution is -0.0664. The molecule has 4 atom stereocenters. The predicted octanol–water partition coefficient (Wildman–Crippen LogP) is -0.0481. The number of amides is 1. The standard InChI is InChI=1S/C21H33FN8O2/c1-28(2)11-14-4-5-15(9-24-14)32-17-6-7-29(3)12-16(17)26-21(31)18-19(23)27-30-10-13(22)8-25-20(18)30/h8,10,14-17,24H,4-7,9,11-12H2,1-3H3,(H2,23,27)(H,26,31). The van der Waals surface area contributed by atoms with E-state index in [1.54, 1.807) is 0 Å². The van der Waals surface area contributed by atoms with Gasteiger partial charge in [-0.25, -0.2) is 13.9 Å². The van der Waals surface area contributed by atoms with Crippen molar-refractivity contribution < 1.29 is 13.9 Å². The summed E-state index contributed by atoms with van der Waals surface area (Å²) in [6, 6.07) is 0.282. The molecule has 0 spiro atoms. The first-order valence-corrected chi connectivity index (χ1v) is 11.1. The van der Waals surface area contributed by atoms with Crippen molar-refractivity contribution in [1.82, 2.24) is 35.0 Å². The number of halogens is 1. The molecule has 11 heteroatoms. The number of anilines is 1. The Balaban J connectivity index is 1.42. The maximum absolute atomic E-state index is 13.5. The van der Waals surface area contributed by atoms with E-state index in [1.807, 2.05) is 7.05 Å². The Morgan fingerprint density at radius 3 is 2.94 bits per heavy atom. The van der Waals surface area contributed by atoms with E-state index in [4.69, 9.17) is 10.5 Å². The van der Waals surface area contributed by atoms with Gasteiger partial charge in [0, 0.05) is 32.2 Å². The lowest BCUT2D eigenvalue weighted by Crippen LogP contribution is -2.57. The average Bonchev–Trinajstić information content (AvgIpc) is 3.05. The molecule has 4 heterocycles. The molecule has 4 unspecified atom stereocenters. The number of rotatable bonds is 6. The fraction of sp³-hybridized carbons (Fsp3) is 0.667. The lowest BCUT2D eigenvalue weighted by Gasteiger charge is -2.40. The van der Waals surface area contributed by atoms with Gasteiger partial charge >= 0.3 is 0 Å². The molecule has 0 aliphatic carbocycles. The molecule has 0 radical (unpaired) electrons. The zero-order chi connectivity index (χ0) is 22.8. The first-order valence-electron chi connectivity index (χ1n) is 11.1. The number of nitrogens with one attached hydrogen (secondary N) is 2. The Morgan fingerprint density at radius 2 is 2.22 bits per heavy atom. The molecule has 0 bridgehead atoms. The largest absolute Gasteiger partial charge is 0.381 e. The molecule has 10 nitrogen and oxygen atoms in total. The quantitative estimate of drug-likeness (QED) is 0.564. The van der Waals surface area contributed by atoms with Crippen molar-refractivity contribution in [2.45, 2.75) is 43.6 Å². The molecule has 2 aromatic heterocycles. The monoisotopic (exact) mass is 448 g/mol. The summed E-state index contributed by atoms with van der Waals surface area (Å²) in [5.41, 5.74) is 6.34. The molecular formula is C21H33FN8O2. The summed E-state index contributed by atoms with van der Waals surface area (Å²) >= 11 is 0. The number of piperidine rings is 2. The summed E-state index contributed by atoms with van der Waals surface area (Å²) in [6.07, 6.45) is 5.10. The highest BCUT2D eigenvalue weighted by Crippen LogP contribution is 2.22. The van der Waals surface area contributed by atoms with Crippen LogP contribution in [-0.2, 0) is 4.74 Å². The van der Waals surface area contributed by atoms with E-state index in [0.29, 0.717) is 12.6 Å². The minimum Gasteiger partial charge on any atom is -0.381 e. The molecule has 0 aromatic carbocycles. The summed E-state index contributed by atoms with van der Waals surface area (Å²) in [4.78, 5) is 21.5. The zero-order valence-electron chi connectivity index (χ0n) is 18.9. The Hall–Kier alpha value is -2.34. The van der Waals surface area contributed by atoms with Crippen LogP contribution >= 0.6 is 0 Å². The second kappa shape index (κ2) is 9.65. The highest BCUT2D eigenvalue weighted by atomic mass is 19.1. The van der Waals surface area contributed by atoms with Crippen LogP contribution in [0.5, 0.6) is 0 Å². The van der Waals surface area contributed by atoms with Crippen molar-refractivity contribution in [3.8, 4) is 0 Å². The number of hydrogen-bond acceptors (Lipinski definition) is 8. The van der Waals surface area contributed by atoms with E-state index < -0.39 is 5.82 Å². The molecule has 1 amide bonds. The van der Waals surface area contributed by atoms with Crippen molar-refractivity contribution in [2.75, 3.05) is 53.1 Å². The van der Waals surface area contributed by atoms with Gasteiger partial charge in [0.2, 0.25) is 0 Å². The Kier molecular flexibility index (Phi) is 6.89. The number of ether oxygens (including phenoxy) is 1. The summed E-state index contributed by atoms with van der Waals surface area (Å²) in [7, 11) is 6.19. The minimum atomic E-state index is -0.553. The number of carbonyl (C=O) groups excluding carboxylic acids is 1. The van der Waals surface area contributed by atoms with Crippen LogP contribution in [0, 0.1) is 5.82 Å². The second-order valence-electron chi connectivity index (χ2n) is 9.17. The Morgan fingerprint density at radius 1 is 1.41 bits per heavy atom. The van der Waals surface area contributed by atoms with Crippen LogP contribution in [0.2, 0.25) is 0 Å². The predicted molar refractivity (Wildman–Crippen MR) is 119 cm³/mol. The van der Waals surface area contributed by atoms with E-state index >= 15 is 0 Å². The number of fused-ring (bicyclic) bond motifs is 1. The van der Waals surface area contributed by atoms with Crippen molar-refractivity contribution in [2.24, 2.45) is 0 Å². The number of nitrogens with zero attached hydrogens (tertiary/aromatic N) is 5. The third-order valence-corrected chi connectivity index (χ3v) is 6.19. The van der Waals surface area contributed by atoms with E-state index in [9.17, 15) is 9.18 Å². The van der Waals surface area contributed by atoms with Crippen LogP contribution in [0.4, 0.5) is 10.2 Å². The topological polar surface area (TPSA) is 113 Å². The number of likely N-dealkylation sites (tertiary alicyclic amines) is 1. The smallest absolute Gasteiger partial charge is 0.259 e. The molecule has 176 valence electrons. The molecule has 0 saturated carbocycles. The van der Waals surface area contributed by atoms with E-state index in [2.05, 4.69) is 44.6 Å². The number of nitrogen functional groups attached to an aromatic ring is 1. The van der Waals surface area contributed by atoms with Gasteiger partial charge in [-0.15, -0.1) is 5.10 Å². The fourth-order valence-corrected chi connectivity index (χ4v) is 4.63. The van der Waals surface area contributed by atoms with Crippen LogP contribution in [0.3, 0.4) is 0 Å². The number of hydrogen-bond donors (Lipinski definition) is 3. The van der Waals surface area contributed by atoms with E-state index in [0.717, 1.165) is 51.3 Å². The number of aromatic nitrogens is 3. The van der Waals surface area contributed by atoms with E-state index in [1.165, 1.54) is 4.52 Å². The summed E-state index contributed by atoms with van der Waals surface area (Å²) in [6.45, 7) is 3.39. The molecule has 2 aromatic rings. The Labute approximate surface area is 187 Å². The highest BCUT2D eigenvalue weighted by molar-refractivity contribution is 6.04. The molecule has 32 heavy (non-hydrogen) atoms. The van der Waals surface area contributed by atoms with Gasteiger partial charge in [0.05, 0.1) is 30.6 Å². The van der Waals surface area contributed by atoms with Gasteiger partial charge in [-0.2, -0.15) is 0 Å². The normalized spacial score (nSPS) is 27.2. The van der Waals surface area contributed by atoms with Crippen molar-refractivity contribution in [1.29, 1.82) is 0 Å². The number of likely N-dealkylation sites (N-methyl/N-ethyl adjacent to an activating group) is 2. The fourth-order valence-electron chi connectivity index (χ4n) is 4.63. The Bertz CT molecular complexity index is 943. The first-order chi connectivity index (χ1) is 15.3. The molecule has 2 fully saturated rings. The van der Waals surface area contributed by atoms with Crippen molar-refractivity contribution in [3.05, 3.63) is 23.8 Å². The SMILES string of the molecule is CN(C)CC1CCC(OC2CCN(C)CC2NC(=O)c2c(N)nn3cc(F)cnc23)CN1. The highest BCUT2D eigenvalue weighted by Gasteiger charge is 2.34. The van der Waals surface area contributed by atoms with Crippen LogP contribution < -0.4 is 16.4 Å². The van der Waals surface area contributed by atoms with Gasteiger partial charge in [-0.1, -0.05) is 0 Å². The number of carbonyl (C=O) groups is 1. The summed E-state index contributed by atoms with van der Waals surface area (Å²) in [5, 5.41) is 10.7. The molecule has 2 saturated heterocycles. The summed E-state index contributed by atoms with van der Waals surface area (Å²) < 4.78 is 21.1. The van der Waals surface area contributed by atoms with Gasteiger partial charge in [0.1, 0.15) is 5.56 Å². The van der Waals surface area contributed by atoms with Gasteiger partial charge in [-0.05, 0) is 40.4 Å². The van der Waals surface area contributed by atoms with Crippen LogP contribution in [-0.4, -0.2) is 102 Å². The lowest BCUT2D eigenvalue weighted by atomic mass is 9.99. The first kappa shape index (κ1) is 22.8. The molecule has 2 aliphatic rings. The maximum Gasteiger partial charge on any atom is 0.259 e. The van der Waals surface area contributed by atoms with Gasteiger partial charge < -0.3 is 30.9 Å². The van der Waals surface area contributed by atoms with Crippen LogP contribution in [0.15, 0.2) is 12.4 Å². The maximum atomic E-state index is 13.5. The summed E-state index contributed by atoms with van der Waals surface area (Å²) in [5.74, 6) is -0.910.